The zero-order valence-corrected chi connectivity index (χ0v) is 13.3. The van der Waals surface area contributed by atoms with E-state index in [4.69, 9.17) is 4.42 Å². The Morgan fingerprint density at radius 1 is 1.36 bits per heavy atom. The second-order valence-electron chi connectivity index (χ2n) is 5.27. The molecule has 128 valence electrons. The van der Waals surface area contributed by atoms with E-state index in [-0.39, 0.29) is 17.5 Å². The van der Waals surface area contributed by atoms with Crippen molar-refractivity contribution >= 4 is 23.2 Å². The van der Waals surface area contributed by atoms with Crippen LogP contribution in [-0.2, 0) is 13.6 Å². The average molecular weight is 341 g/mol. The number of nitrogens with zero attached hydrogens (tertiary/aromatic N) is 3. The Bertz CT molecular complexity index is 901. The Morgan fingerprint density at radius 2 is 2.20 bits per heavy atom. The number of hydrogen-bond donors (Lipinski definition) is 2. The van der Waals surface area contributed by atoms with Gasteiger partial charge in [0.05, 0.1) is 6.26 Å². The van der Waals surface area contributed by atoms with Gasteiger partial charge in [0.15, 0.2) is 5.76 Å². The molecule has 0 saturated carbocycles. The quantitative estimate of drug-likeness (QED) is 0.526. The molecule has 0 bridgehead atoms. The largest absolute Gasteiger partial charge is 0.459 e. The summed E-state index contributed by atoms with van der Waals surface area (Å²) >= 11 is 0. The van der Waals surface area contributed by atoms with E-state index in [2.05, 4.69) is 15.6 Å². The van der Waals surface area contributed by atoms with Crippen LogP contribution in [0.4, 0.5) is 17.3 Å². The number of benzene rings is 1. The number of carbonyl (C=O) groups excluding carboxylic acids is 1. The van der Waals surface area contributed by atoms with E-state index < -0.39 is 4.92 Å². The maximum atomic E-state index is 12.0. The van der Waals surface area contributed by atoms with Gasteiger partial charge in [0.25, 0.3) is 5.91 Å². The molecule has 0 aliphatic rings. The fourth-order valence-electron chi connectivity index (χ4n) is 2.30. The summed E-state index contributed by atoms with van der Waals surface area (Å²) in [5.41, 5.74) is 1.44. The molecule has 0 fully saturated rings. The Balaban J connectivity index is 1.69. The van der Waals surface area contributed by atoms with E-state index in [0.29, 0.717) is 18.1 Å². The average Bonchev–Trinajstić information content (AvgIpc) is 3.23. The van der Waals surface area contributed by atoms with Crippen molar-refractivity contribution in [3.05, 3.63) is 70.4 Å². The third-order valence-electron chi connectivity index (χ3n) is 3.48. The van der Waals surface area contributed by atoms with Crippen molar-refractivity contribution in [2.75, 3.05) is 10.6 Å². The minimum Gasteiger partial charge on any atom is -0.459 e. The number of amides is 1. The molecule has 2 heterocycles. The minimum atomic E-state index is -0.539. The smallest absolute Gasteiger partial charge is 0.406 e. The van der Waals surface area contributed by atoms with Crippen molar-refractivity contribution in [3.8, 4) is 0 Å². The molecule has 1 aromatic carbocycles. The molecule has 3 rings (SSSR count). The third-order valence-corrected chi connectivity index (χ3v) is 3.48. The number of imidazole rings is 1. The predicted octanol–water partition coefficient (Wildman–Crippen LogP) is 2.79. The third kappa shape index (κ3) is 3.66. The molecule has 0 unspecified atom stereocenters. The van der Waals surface area contributed by atoms with E-state index in [1.807, 2.05) is 6.07 Å². The summed E-state index contributed by atoms with van der Waals surface area (Å²) in [5, 5.41) is 16.7. The van der Waals surface area contributed by atoms with Crippen LogP contribution >= 0.6 is 0 Å². The van der Waals surface area contributed by atoms with Crippen LogP contribution in [0, 0.1) is 10.1 Å². The molecule has 0 saturated heterocycles. The summed E-state index contributed by atoms with van der Waals surface area (Å²) in [6.45, 7) is 0.338. The molecule has 0 radical (unpaired) electrons. The Labute approximate surface area is 142 Å². The normalized spacial score (nSPS) is 10.4. The lowest BCUT2D eigenvalue weighted by molar-refractivity contribution is -0.388. The van der Waals surface area contributed by atoms with Crippen LogP contribution in [0.5, 0.6) is 0 Å². The van der Waals surface area contributed by atoms with Crippen LogP contribution in [0.25, 0.3) is 0 Å². The van der Waals surface area contributed by atoms with Gasteiger partial charge in [0.2, 0.25) is 12.1 Å². The number of carbonyl (C=O) groups is 1. The van der Waals surface area contributed by atoms with Gasteiger partial charge in [-0.15, -0.1) is 0 Å². The summed E-state index contributed by atoms with van der Waals surface area (Å²) in [6, 6.07) is 10.4. The molecule has 25 heavy (non-hydrogen) atoms. The molecule has 0 spiro atoms. The first-order chi connectivity index (χ1) is 12.0. The topological polar surface area (TPSA) is 115 Å². The molecule has 0 atom stereocenters. The summed E-state index contributed by atoms with van der Waals surface area (Å²) in [4.78, 5) is 26.2. The van der Waals surface area contributed by atoms with Crippen LogP contribution in [0.15, 0.2) is 53.4 Å². The number of anilines is 2. The number of aryl methyl sites for hydroxylation is 1. The summed E-state index contributed by atoms with van der Waals surface area (Å²) in [5.74, 6) is -0.0498. The number of hydrogen-bond acceptors (Lipinski definition) is 6. The highest BCUT2D eigenvalue weighted by Crippen LogP contribution is 2.22. The molecule has 1 amide bonds. The van der Waals surface area contributed by atoms with Crippen molar-refractivity contribution < 1.29 is 14.1 Å². The van der Waals surface area contributed by atoms with Crippen LogP contribution < -0.4 is 10.6 Å². The fraction of sp³-hybridized carbons (Fsp3) is 0.125. The molecule has 0 aliphatic carbocycles. The van der Waals surface area contributed by atoms with Gasteiger partial charge < -0.3 is 25.2 Å². The van der Waals surface area contributed by atoms with Crippen LogP contribution in [0.1, 0.15) is 16.1 Å². The maximum absolute atomic E-state index is 12.0. The van der Waals surface area contributed by atoms with Gasteiger partial charge in [-0.05, 0) is 39.7 Å². The minimum absolute atomic E-state index is 0.217. The van der Waals surface area contributed by atoms with E-state index in [1.165, 1.54) is 12.6 Å². The first-order valence-corrected chi connectivity index (χ1v) is 7.38. The highest BCUT2D eigenvalue weighted by Gasteiger charge is 2.19. The lowest BCUT2D eigenvalue weighted by Gasteiger charge is -2.09. The van der Waals surface area contributed by atoms with Crippen molar-refractivity contribution in [3.63, 3.8) is 0 Å². The molecule has 3 aromatic rings. The highest BCUT2D eigenvalue weighted by atomic mass is 16.6. The maximum Gasteiger partial charge on any atom is 0.406 e. The van der Waals surface area contributed by atoms with Gasteiger partial charge >= 0.3 is 5.82 Å². The standard InChI is InChI=1S/C16H15N5O4/c1-20-10-18-15(21(23)24)14(20)17-9-11-4-2-5-12(8-11)19-16(22)13-6-3-7-25-13/h2-8,10,17H,9H2,1H3,(H,19,22). The highest BCUT2D eigenvalue weighted by molar-refractivity contribution is 6.02. The number of nitrogens with one attached hydrogen (secondary N) is 2. The predicted molar refractivity (Wildman–Crippen MR) is 90.3 cm³/mol. The Hall–Kier alpha value is -3.62. The van der Waals surface area contributed by atoms with Crippen molar-refractivity contribution in [1.82, 2.24) is 9.55 Å². The van der Waals surface area contributed by atoms with Gasteiger partial charge in [-0.1, -0.05) is 12.1 Å². The van der Waals surface area contributed by atoms with Crippen molar-refractivity contribution in [1.29, 1.82) is 0 Å². The van der Waals surface area contributed by atoms with E-state index in [1.54, 1.807) is 41.9 Å². The van der Waals surface area contributed by atoms with Gasteiger partial charge in [-0.25, -0.2) is 0 Å². The molecule has 2 N–H and O–H groups in total. The lowest BCUT2D eigenvalue weighted by atomic mass is 10.2. The van der Waals surface area contributed by atoms with Crippen molar-refractivity contribution in [2.24, 2.45) is 7.05 Å². The van der Waals surface area contributed by atoms with Crippen LogP contribution in [0.2, 0.25) is 0 Å². The molecule has 9 nitrogen and oxygen atoms in total. The Morgan fingerprint density at radius 3 is 2.92 bits per heavy atom. The van der Waals surface area contributed by atoms with E-state index in [0.717, 1.165) is 5.56 Å². The first kappa shape index (κ1) is 16.2. The molecular weight excluding hydrogens is 326 g/mol. The number of rotatable bonds is 6. The first-order valence-electron chi connectivity index (χ1n) is 7.38. The molecule has 9 heteroatoms. The van der Waals surface area contributed by atoms with Gasteiger partial charge in [0, 0.05) is 19.3 Å². The van der Waals surface area contributed by atoms with Crippen LogP contribution in [0.3, 0.4) is 0 Å². The number of nitro groups is 1. The van der Waals surface area contributed by atoms with Crippen LogP contribution in [-0.4, -0.2) is 20.4 Å². The van der Waals surface area contributed by atoms with Gasteiger partial charge in [0.1, 0.15) is 0 Å². The number of furan rings is 1. The summed E-state index contributed by atoms with van der Waals surface area (Å²) < 4.78 is 6.59. The fourth-order valence-corrected chi connectivity index (χ4v) is 2.30. The lowest BCUT2D eigenvalue weighted by Crippen LogP contribution is -2.11. The SMILES string of the molecule is Cn1cnc([N+](=O)[O-])c1NCc1cccc(NC(=O)c2ccco2)c1. The summed E-state index contributed by atoms with van der Waals surface area (Å²) in [7, 11) is 1.67. The summed E-state index contributed by atoms with van der Waals surface area (Å²) in [6.07, 6.45) is 2.80. The van der Waals surface area contributed by atoms with Gasteiger partial charge in [-0.3, -0.25) is 9.36 Å². The molecule has 2 aromatic heterocycles. The second kappa shape index (κ2) is 6.87. The zero-order valence-electron chi connectivity index (χ0n) is 13.3. The molecular formula is C16H15N5O4. The molecule has 0 aliphatic heterocycles. The Kier molecular flexibility index (Phi) is 4.46. The van der Waals surface area contributed by atoms with E-state index in [9.17, 15) is 14.9 Å². The van der Waals surface area contributed by atoms with Gasteiger partial charge in [-0.2, -0.15) is 0 Å². The van der Waals surface area contributed by atoms with Crippen molar-refractivity contribution in [2.45, 2.75) is 6.54 Å². The monoisotopic (exact) mass is 341 g/mol. The zero-order chi connectivity index (χ0) is 17.8. The number of aromatic nitrogens is 2. The second-order valence-corrected chi connectivity index (χ2v) is 5.27. The van der Waals surface area contributed by atoms with E-state index >= 15 is 0 Å².